The molecule has 0 fully saturated rings. The number of esters is 2. The standard InChI is InChI=1S/C30H32O6S/c1-19(2)29(31)35-21(5)17-33-26-16-27(37-23-12-8-7-9-13-23)28(25-15-11-10-14-24(25)26)34-18-22(6)36-30(32)20(3)4/h7-16,21-22H,1,3,17-18H2,2,4-6H3. The third-order valence-electron chi connectivity index (χ3n) is 5.14. The molecule has 3 aromatic carbocycles. The molecule has 194 valence electrons. The minimum absolute atomic E-state index is 0.166. The number of carbonyl (C=O) groups excluding carboxylic acids is 2. The summed E-state index contributed by atoms with van der Waals surface area (Å²) in [5, 5.41) is 1.70. The van der Waals surface area contributed by atoms with Gasteiger partial charge >= 0.3 is 11.9 Å². The molecule has 2 unspecified atom stereocenters. The molecule has 0 bridgehead atoms. The molecule has 0 N–H and O–H groups in total. The summed E-state index contributed by atoms with van der Waals surface area (Å²) in [6, 6.07) is 19.6. The minimum Gasteiger partial charge on any atom is -0.489 e. The van der Waals surface area contributed by atoms with E-state index in [1.165, 1.54) is 11.8 Å². The SMILES string of the molecule is C=C(C)C(=O)OC(C)COc1cc(Sc2ccccc2)c(OCC(C)OC(=O)C(=C)C)c2ccccc12. The molecule has 0 heterocycles. The molecule has 0 saturated heterocycles. The Labute approximate surface area is 222 Å². The van der Waals surface area contributed by atoms with Gasteiger partial charge in [-0.3, -0.25) is 0 Å². The van der Waals surface area contributed by atoms with Gasteiger partial charge in [0.2, 0.25) is 0 Å². The quantitative estimate of drug-likeness (QED) is 0.193. The maximum Gasteiger partial charge on any atom is 0.333 e. The molecule has 0 saturated carbocycles. The average molecular weight is 521 g/mol. The van der Waals surface area contributed by atoms with Crippen LogP contribution in [0.3, 0.4) is 0 Å². The van der Waals surface area contributed by atoms with E-state index in [9.17, 15) is 9.59 Å². The molecule has 0 spiro atoms. The molecule has 0 aliphatic heterocycles. The van der Waals surface area contributed by atoms with Crippen LogP contribution in [-0.4, -0.2) is 37.4 Å². The second-order valence-corrected chi connectivity index (χ2v) is 9.89. The van der Waals surface area contributed by atoms with Gasteiger partial charge in [0.15, 0.2) is 0 Å². The summed E-state index contributed by atoms with van der Waals surface area (Å²) in [7, 11) is 0. The number of hydrogen-bond acceptors (Lipinski definition) is 7. The smallest absolute Gasteiger partial charge is 0.333 e. The fraction of sp³-hybridized carbons (Fsp3) is 0.267. The van der Waals surface area contributed by atoms with E-state index < -0.39 is 24.1 Å². The Morgan fingerprint density at radius 1 is 0.784 bits per heavy atom. The van der Waals surface area contributed by atoms with Gasteiger partial charge in [0.1, 0.15) is 36.9 Å². The lowest BCUT2D eigenvalue weighted by molar-refractivity contribution is -0.145. The molecule has 0 aliphatic rings. The second-order valence-electron chi connectivity index (χ2n) is 8.78. The van der Waals surface area contributed by atoms with Gasteiger partial charge in [-0.1, -0.05) is 67.4 Å². The van der Waals surface area contributed by atoms with Crippen LogP contribution in [-0.2, 0) is 19.1 Å². The average Bonchev–Trinajstić information content (AvgIpc) is 2.87. The van der Waals surface area contributed by atoms with E-state index in [1.54, 1.807) is 27.7 Å². The lowest BCUT2D eigenvalue weighted by atomic mass is 10.1. The van der Waals surface area contributed by atoms with Gasteiger partial charge < -0.3 is 18.9 Å². The summed E-state index contributed by atoms with van der Waals surface area (Å²) < 4.78 is 23.2. The molecule has 2 atom stereocenters. The third kappa shape index (κ3) is 7.89. The van der Waals surface area contributed by atoms with Crippen molar-refractivity contribution in [2.24, 2.45) is 0 Å². The van der Waals surface area contributed by atoms with Crippen molar-refractivity contribution in [3.8, 4) is 11.5 Å². The zero-order valence-electron chi connectivity index (χ0n) is 21.6. The lowest BCUT2D eigenvalue weighted by Crippen LogP contribution is -2.23. The summed E-state index contributed by atoms with van der Waals surface area (Å²) in [5.41, 5.74) is 0.672. The molecule has 0 aromatic heterocycles. The van der Waals surface area contributed by atoms with Gasteiger partial charge in [-0.15, -0.1) is 0 Å². The Kier molecular flexibility index (Phi) is 9.80. The van der Waals surface area contributed by atoms with Gasteiger partial charge in [-0.05, 0) is 45.9 Å². The van der Waals surface area contributed by atoms with E-state index >= 15 is 0 Å². The Hall–Kier alpha value is -3.71. The topological polar surface area (TPSA) is 71.1 Å². The Morgan fingerprint density at radius 3 is 1.86 bits per heavy atom. The molecule has 37 heavy (non-hydrogen) atoms. The maximum absolute atomic E-state index is 11.9. The van der Waals surface area contributed by atoms with Crippen molar-refractivity contribution >= 4 is 34.5 Å². The van der Waals surface area contributed by atoms with Crippen LogP contribution in [0.15, 0.2) is 94.8 Å². The first kappa shape index (κ1) is 27.9. The predicted molar refractivity (Wildman–Crippen MR) is 146 cm³/mol. The van der Waals surface area contributed by atoms with Crippen LogP contribution in [0, 0.1) is 0 Å². The zero-order chi connectivity index (χ0) is 26.9. The van der Waals surface area contributed by atoms with Gasteiger partial charge in [0.25, 0.3) is 0 Å². The fourth-order valence-corrected chi connectivity index (χ4v) is 4.27. The second kappa shape index (κ2) is 13.0. The van der Waals surface area contributed by atoms with Gasteiger partial charge in [0, 0.05) is 26.8 Å². The number of benzene rings is 3. The third-order valence-corrected chi connectivity index (χ3v) is 6.17. The molecule has 3 aromatic rings. The first-order valence-corrected chi connectivity index (χ1v) is 12.7. The molecule has 0 aliphatic carbocycles. The van der Waals surface area contributed by atoms with Crippen molar-refractivity contribution in [3.05, 3.63) is 85.0 Å². The van der Waals surface area contributed by atoms with Gasteiger partial charge in [-0.2, -0.15) is 0 Å². The minimum atomic E-state index is -0.475. The summed E-state index contributed by atoms with van der Waals surface area (Å²) in [6.07, 6.45) is -0.940. The van der Waals surface area contributed by atoms with Crippen LogP contribution in [0.2, 0.25) is 0 Å². The monoisotopic (exact) mass is 520 g/mol. The highest BCUT2D eigenvalue weighted by molar-refractivity contribution is 7.99. The summed E-state index contributed by atoms with van der Waals surface area (Å²) >= 11 is 1.54. The molecule has 3 rings (SSSR count). The van der Waals surface area contributed by atoms with E-state index in [4.69, 9.17) is 18.9 Å². The molecule has 0 radical (unpaired) electrons. The maximum atomic E-state index is 11.9. The van der Waals surface area contributed by atoms with Crippen LogP contribution < -0.4 is 9.47 Å². The number of rotatable bonds is 12. The van der Waals surface area contributed by atoms with Crippen molar-refractivity contribution in [3.63, 3.8) is 0 Å². The number of carbonyl (C=O) groups is 2. The number of ether oxygens (including phenoxy) is 4. The van der Waals surface area contributed by atoms with E-state index in [0.29, 0.717) is 22.6 Å². The van der Waals surface area contributed by atoms with Crippen LogP contribution >= 0.6 is 11.8 Å². The summed E-state index contributed by atoms with van der Waals surface area (Å²) in [5.74, 6) is 0.398. The van der Waals surface area contributed by atoms with E-state index in [2.05, 4.69) is 13.2 Å². The summed E-state index contributed by atoms with van der Waals surface area (Å²) in [6.45, 7) is 14.3. The van der Waals surface area contributed by atoms with Crippen molar-refractivity contribution in [2.75, 3.05) is 13.2 Å². The highest BCUT2D eigenvalue weighted by Gasteiger charge is 2.19. The van der Waals surface area contributed by atoms with E-state index in [-0.39, 0.29) is 13.2 Å². The van der Waals surface area contributed by atoms with E-state index in [0.717, 1.165) is 20.6 Å². The normalized spacial score (nSPS) is 12.3. The van der Waals surface area contributed by atoms with Crippen molar-refractivity contribution in [1.29, 1.82) is 0 Å². The summed E-state index contributed by atoms with van der Waals surface area (Å²) in [4.78, 5) is 25.7. The number of fused-ring (bicyclic) bond motifs is 1. The van der Waals surface area contributed by atoms with Crippen molar-refractivity contribution in [1.82, 2.24) is 0 Å². The molecular weight excluding hydrogens is 488 g/mol. The zero-order valence-corrected chi connectivity index (χ0v) is 22.4. The Morgan fingerprint density at radius 2 is 1.30 bits per heavy atom. The van der Waals surface area contributed by atoms with Gasteiger partial charge in [0.05, 0.1) is 4.90 Å². The first-order valence-electron chi connectivity index (χ1n) is 11.9. The molecule has 0 amide bonds. The molecule has 7 heteroatoms. The molecule has 6 nitrogen and oxygen atoms in total. The highest BCUT2D eigenvalue weighted by atomic mass is 32.2. The fourth-order valence-electron chi connectivity index (χ4n) is 3.29. The van der Waals surface area contributed by atoms with Crippen LogP contribution in [0.1, 0.15) is 27.7 Å². The van der Waals surface area contributed by atoms with Crippen LogP contribution in [0.5, 0.6) is 11.5 Å². The predicted octanol–water partition coefficient (Wildman–Crippen LogP) is 6.76. The largest absolute Gasteiger partial charge is 0.489 e. The molecular formula is C30H32O6S. The first-order chi connectivity index (χ1) is 17.7. The van der Waals surface area contributed by atoms with Crippen molar-refractivity contribution in [2.45, 2.75) is 49.7 Å². The highest BCUT2D eigenvalue weighted by Crippen LogP contribution is 2.44. The lowest BCUT2D eigenvalue weighted by Gasteiger charge is -2.21. The Bertz CT molecular complexity index is 1280. The number of hydrogen-bond donors (Lipinski definition) is 0. The van der Waals surface area contributed by atoms with Gasteiger partial charge in [-0.25, -0.2) is 9.59 Å². The van der Waals surface area contributed by atoms with Crippen LogP contribution in [0.25, 0.3) is 10.8 Å². The van der Waals surface area contributed by atoms with Crippen molar-refractivity contribution < 1.29 is 28.5 Å². The Balaban J connectivity index is 1.93. The van der Waals surface area contributed by atoms with Crippen LogP contribution in [0.4, 0.5) is 0 Å². The van der Waals surface area contributed by atoms with E-state index in [1.807, 2.05) is 60.7 Å².